The van der Waals surface area contributed by atoms with Crippen LogP contribution in [0.15, 0.2) is 48.5 Å². The van der Waals surface area contributed by atoms with Gasteiger partial charge in [-0.2, -0.15) is 0 Å². The molecule has 8 heteroatoms. The second-order valence-corrected chi connectivity index (χ2v) is 8.74. The molecule has 0 bridgehead atoms. The Bertz CT molecular complexity index is 1220. The molecule has 5 rings (SSSR count). The van der Waals surface area contributed by atoms with Crippen molar-refractivity contribution in [3.05, 3.63) is 80.8 Å². The second kappa shape index (κ2) is 8.46. The molecule has 4 N–H and O–H groups in total. The largest absolute Gasteiger partial charge is 0.384 e. The number of rotatable bonds is 6. The first-order chi connectivity index (χ1) is 15.1. The van der Waals surface area contributed by atoms with E-state index in [1.54, 1.807) is 0 Å². The van der Waals surface area contributed by atoms with E-state index in [2.05, 4.69) is 50.0 Å². The van der Waals surface area contributed by atoms with Crippen molar-refractivity contribution in [2.45, 2.75) is 31.2 Å². The minimum Gasteiger partial charge on any atom is -0.384 e. The fourth-order valence-corrected chi connectivity index (χ4v) is 5.20. The number of fused-ring (bicyclic) bond motifs is 2. The predicted molar refractivity (Wildman–Crippen MR) is 125 cm³/mol. The number of nitrogens with one attached hydrogen (secondary N) is 2. The highest BCUT2D eigenvalue weighted by Crippen LogP contribution is 2.38. The molecule has 2 aromatic heterocycles. The van der Waals surface area contributed by atoms with Crippen molar-refractivity contribution in [1.29, 1.82) is 0 Å². The Morgan fingerprint density at radius 3 is 2.84 bits per heavy atom. The van der Waals surface area contributed by atoms with Gasteiger partial charge in [-0.1, -0.05) is 58.7 Å². The molecule has 0 amide bonds. The molecule has 0 saturated carbocycles. The SMILES string of the molecule is Nc1cc(C(CCN[C@@H]2CCc3c(Cl)cc(Cl)cc32)c2ccccc2)c2nn[nH]c2n1. The molecule has 0 saturated heterocycles. The fraction of sp³-hybridized carbons (Fsp3) is 0.261. The van der Waals surface area contributed by atoms with Crippen molar-refractivity contribution in [2.75, 3.05) is 12.3 Å². The van der Waals surface area contributed by atoms with E-state index in [1.165, 1.54) is 16.7 Å². The van der Waals surface area contributed by atoms with Crippen LogP contribution < -0.4 is 11.1 Å². The summed E-state index contributed by atoms with van der Waals surface area (Å²) in [6.07, 6.45) is 2.85. The van der Waals surface area contributed by atoms with Gasteiger partial charge < -0.3 is 11.1 Å². The summed E-state index contributed by atoms with van der Waals surface area (Å²) in [6.45, 7) is 0.815. The summed E-state index contributed by atoms with van der Waals surface area (Å²) in [5.41, 5.74) is 12.1. The molecule has 158 valence electrons. The van der Waals surface area contributed by atoms with Gasteiger partial charge in [0.1, 0.15) is 11.3 Å². The minimum atomic E-state index is 0.107. The van der Waals surface area contributed by atoms with Gasteiger partial charge in [-0.15, -0.1) is 5.10 Å². The van der Waals surface area contributed by atoms with Crippen LogP contribution in [0.1, 0.15) is 47.1 Å². The summed E-state index contributed by atoms with van der Waals surface area (Å²) in [5.74, 6) is 0.562. The first-order valence-corrected chi connectivity index (χ1v) is 11.1. The molecule has 0 radical (unpaired) electrons. The van der Waals surface area contributed by atoms with E-state index < -0.39 is 0 Å². The lowest BCUT2D eigenvalue weighted by Crippen LogP contribution is -2.22. The van der Waals surface area contributed by atoms with Crippen LogP contribution in [0.5, 0.6) is 0 Å². The van der Waals surface area contributed by atoms with Gasteiger partial charge in [-0.05, 0) is 66.3 Å². The van der Waals surface area contributed by atoms with Gasteiger partial charge in [-0.25, -0.2) is 10.1 Å². The van der Waals surface area contributed by atoms with E-state index in [0.29, 0.717) is 16.5 Å². The molecular weight excluding hydrogens is 431 g/mol. The van der Waals surface area contributed by atoms with E-state index in [-0.39, 0.29) is 12.0 Å². The third-order valence-corrected chi connectivity index (χ3v) is 6.56. The highest BCUT2D eigenvalue weighted by molar-refractivity contribution is 6.35. The lowest BCUT2D eigenvalue weighted by atomic mass is 9.88. The van der Waals surface area contributed by atoms with Crippen LogP contribution >= 0.6 is 23.2 Å². The molecule has 0 aliphatic heterocycles. The highest BCUT2D eigenvalue weighted by atomic mass is 35.5. The standard InChI is InChI=1S/C23H22Cl2N6/c24-14-10-17-16(19(25)11-14)6-7-20(17)27-9-8-15(13-4-2-1-3-5-13)18-12-21(26)28-23-22(18)29-31-30-23/h1-5,10-12,15,20,27H,6-9H2,(H3,26,28,29,30,31)/t15?,20-/m1/s1. The average molecular weight is 453 g/mol. The molecule has 4 aromatic rings. The van der Waals surface area contributed by atoms with Gasteiger partial charge in [0, 0.05) is 22.0 Å². The van der Waals surface area contributed by atoms with Gasteiger partial charge in [0.2, 0.25) is 0 Å². The number of pyridine rings is 1. The molecule has 2 heterocycles. The second-order valence-electron chi connectivity index (χ2n) is 7.90. The van der Waals surface area contributed by atoms with Crippen LogP contribution in [-0.4, -0.2) is 26.9 Å². The Morgan fingerprint density at radius 1 is 1.16 bits per heavy atom. The predicted octanol–water partition coefficient (Wildman–Crippen LogP) is 5.04. The van der Waals surface area contributed by atoms with E-state index in [4.69, 9.17) is 28.9 Å². The Balaban J connectivity index is 1.41. The maximum absolute atomic E-state index is 6.40. The van der Waals surface area contributed by atoms with Crippen LogP contribution in [-0.2, 0) is 6.42 Å². The molecule has 0 spiro atoms. The zero-order valence-electron chi connectivity index (χ0n) is 16.8. The van der Waals surface area contributed by atoms with E-state index in [9.17, 15) is 0 Å². The van der Waals surface area contributed by atoms with Crippen molar-refractivity contribution in [3.63, 3.8) is 0 Å². The summed E-state index contributed by atoms with van der Waals surface area (Å²) in [6, 6.07) is 16.4. The third kappa shape index (κ3) is 3.99. The lowest BCUT2D eigenvalue weighted by Gasteiger charge is -2.21. The zero-order chi connectivity index (χ0) is 21.4. The summed E-state index contributed by atoms with van der Waals surface area (Å²) < 4.78 is 0. The maximum atomic E-state index is 6.40. The Hall–Kier alpha value is -2.67. The maximum Gasteiger partial charge on any atom is 0.178 e. The molecule has 2 atom stereocenters. The number of H-pyrrole nitrogens is 1. The molecule has 1 aliphatic carbocycles. The average Bonchev–Trinajstić information content (AvgIpc) is 3.38. The number of nitrogens with zero attached hydrogens (tertiary/aromatic N) is 3. The van der Waals surface area contributed by atoms with Gasteiger partial charge >= 0.3 is 0 Å². The first kappa shape index (κ1) is 20.2. The minimum absolute atomic E-state index is 0.107. The number of anilines is 1. The smallest absolute Gasteiger partial charge is 0.178 e. The van der Waals surface area contributed by atoms with Crippen LogP contribution in [0, 0.1) is 0 Å². The number of nitrogens with two attached hydrogens (primary N) is 1. The van der Waals surface area contributed by atoms with E-state index in [1.807, 2.05) is 24.3 Å². The molecule has 31 heavy (non-hydrogen) atoms. The number of halogens is 2. The monoisotopic (exact) mass is 452 g/mol. The van der Waals surface area contributed by atoms with Crippen LogP contribution in [0.25, 0.3) is 11.2 Å². The van der Waals surface area contributed by atoms with Crippen LogP contribution in [0.2, 0.25) is 10.0 Å². The molecule has 2 aromatic carbocycles. The quantitative estimate of drug-likeness (QED) is 0.380. The summed E-state index contributed by atoms with van der Waals surface area (Å²) in [4.78, 5) is 4.31. The Morgan fingerprint density at radius 2 is 2.00 bits per heavy atom. The van der Waals surface area contributed by atoms with Crippen LogP contribution in [0.4, 0.5) is 5.82 Å². The first-order valence-electron chi connectivity index (χ1n) is 10.3. The number of benzene rings is 2. The summed E-state index contributed by atoms with van der Waals surface area (Å²) in [5, 5.41) is 16.2. The topological polar surface area (TPSA) is 92.5 Å². The van der Waals surface area contributed by atoms with Gasteiger partial charge in [0.05, 0.1) is 0 Å². The van der Waals surface area contributed by atoms with Crippen molar-refractivity contribution in [2.24, 2.45) is 0 Å². The van der Waals surface area contributed by atoms with Gasteiger partial charge in [0.15, 0.2) is 5.65 Å². The number of aromatic nitrogens is 4. The van der Waals surface area contributed by atoms with Gasteiger partial charge in [-0.3, -0.25) is 0 Å². The number of hydrogen-bond donors (Lipinski definition) is 3. The molecule has 1 unspecified atom stereocenters. The van der Waals surface area contributed by atoms with E-state index >= 15 is 0 Å². The lowest BCUT2D eigenvalue weighted by molar-refractivity contribution is 0.508. The fourth-order valence-electron chi connectivity index (χ4n) is 4.59. The highest BCUT2D eigenvalue weighted by Gasteiger charge is 2.26. The molecule has 6 nitrogen and oxygen atoms in total. The van der Waals surface area contributed by atoms with Crippen LogP contribution in [0.3, 0.4) is 0 Å². The zero-order valence-corrected chi connectivity index (χ0v) is 18.3. The van der Waals surface area contributed by atoms with Crippen molar-refractivity contribution in [3.8, 4) is 0 Å². The normalized spacial score (nSPS) is 16.5. The van der Waals surface area contributed by atoms with Gasteiger partial charge in [0.25, 0.3) is 0 Å². The summed E-state index contributed by atoms with van der Waals surface area (Å²) in [7, 11) is 0. The van der Waals surface area contributed by atoms with Crippen molar-refractivity contribution >= 4 is 40.2 Å². The Labute approximate surface area is 190 Å². The van der Waals surface area contributed by atoms with Crippen molar-refractivity contribution < 1.29 is 0 Å². The number of aromatic amines is 1. The Kier molecular flexibility index (Phi) is 5.52. The third-order valence-electron chi connectivity index (χ3n) is 6.00. The number of hydrogen-bond acceptors (Lipinski definition) is 5. The van der Waals surface area contributed by atoms with E-state index in [0.717, 1.165) is 41.9 Å². The number of nitrogen functional groups attached to an aromatic ring is 1. The van der Waals surface area contributed by atoms with Crippen molar-refractivity contribution in [1.82, 2.24) is 25.7 Å². The summed E-state index contributed by atoms with van der Waals surface area (Å²) >= 11 is 12.7. The molecular formula is C23H22Cl2N6. The molecule has 1 aliphatic rings. The molecule has 0 fully saturated rings.